The molecule has 4 rings (SSSR count). The van der Waals surface area contributed by atoms with Gasteiger partial charge in [-0.15, -0.1) is 0 Å². The van der Waals surface area contributed by atoms with E-state index in [-0.39, 0.29) is 17.0 Å². The molecule has 4 aromatic rings. The average molecular weight is 518 g/mol. The summed E-state index contributed by atoms with van der Waals surface area (Å²) in [5.74, 6) is -0.976. The molecule has 0 fully saturated rings. The Morgan fingerprint density at radius 2 is 1.71 bits per heavy atom. The van der Waals surface area contributed by atoms with Crippen molar-refractivity contribution >= 4 is 50.5 Å². The van der Waals surface area contributed by atoms with E-state index in [1.54, 1.807) is 36.4 Å². The molecule has 0 unspecified atom stereocenters. The van der Waals surface area contributed by atoms with Gasteiger partial charge in [0.05, 0.1) is 16.7 Å². The van der Waals surface area contributed by atoms with Crippen LogP contribution in [0.2, 0.25) is 0 Å². The lowest BCUT2D eigenvalue weighted by molar-refractivity contribution is -0.384. The largest absolute Gasteiger partial charge is 0.422 e. The average Bonchev–Trinajstić information content (AvgIpc) is 2.85. The Kier molecular flexibility index (Phi) is 6.74. The van der Waals surface area contributed by atoms with Crippen LogP contribution in [-0.4, -0.2) is 23.0 Å². The number of nitro benzene ring substituents is 1. The number of fused-ring (bicyclic) bond motifs is 1. The second-order valence-corrected chi connectivity index (χ2v) is 8.02. The highest BCUT2D eigenvalue weighted by Gasteiger charge is 2.16. The first kappa shape index (κ1) is 22.8. The second kappa shape index (κ2) is 10.1. The van der Waals surface area contributed by atoms with E-state index in [0.29, 0.717) is 11.1 Å². The Bertz CT molecular complexity index is 1450. The van der Waals surface area contributed by atoms with E-state index in [1.165, 1.54) is 24.4 Å². The highest BCUT2D eigenvalue weighted by atomic mass is 79.9. The van der Waals surface area contributed by atoms with Crippen molar-refractivity contribution in [3.63, 3.8) is 0 Å². The molecule has 1 N–H and O–H groups in total. The summed E-state index contributed by atoms with van der Waals surface area (Å²) in [4.78, 5) is 35.6. The van der Waals surface area contributed by atoms with Crippen LogP contribution in [0.4, 0.5) is 5.69 Å². The molecule has 0 bridgehead atoms. The third-order valence-corrected chi connectivity index (χ3v) is 5.37. The van der Waals surface area contributed by atoms with Crippen molar-refractivity contribution in [1.82, 2.24) is 5.43 Å². The van der Waals surface area contributed by atoms with Crippen LogP contribution in [0.3, 0.4) is 0 Å². The molecule has 4 aromatic carbocycles. The molecule has 8 nitrogen and oxygen atoms in total. The molecule has 0 aromatic heterocycles. The van der Waals surface area contributed by atoms with E-state index in [0.717, 1.165) is 21.3 Å². The zero-order valence-corrected chi connectivity index (χ0v) is 19.1. The monoisotopic (exact) mass is 517 g/mol. The number of benzene rings is 4. The number of carbonyl (C=O) groups is 2. The van der Waals surface area contributed by atoms with Crippen LogP contribution in [0.25, 0.3) is 10.8 Å². The molecule has 0 radical (unpaired) electrons. The number of halogens is 1. The number of nitrogens with zero attached hydrogens (tertiary/aromatic N) is 2. The first-order chi connectivity index (χ1) is 16.4. The number of non-ortho nitro benzene ring substituents is 1. The third-order valence-electron chi connectivity index (χ3n) is 4.87. The summed E-state index contributed by atoms with van der Waals surface area (Å²) in [6.45, 7) is 0. The molecule has 9 heteroatoms. The van der Waals surface area contributed by atoms with Gasteiger partial charge in [-0.3, -0.25) is 14.9 Å². The van der Waals surface area contributed by atoms with Crippen LogP contribution in [0, 0.1) is 10.1 Å². The van der Waals surface area contributed by atoms with E-state index in [9.17, 15) is 19.7 Å². The van der Waals surface area contributed by atoms with Crippen molar-refractivity contribution in [2.24, 2.45) is 5.10 Å². The first-order valence-corrected chi connectivity index (χ1v) is 10.8. The molecule has 0 atom stereocenters. The number of nitrogens with one attached hydrogen (secondary N) is 1. The summed E-state index contributed by atoms with van der Waals surface area (Å²) in [6.07, 6.45) is 1.40. The van der Waals surface area contributed by atoms with E-state index < -0.39 is 16.8 Å². The molecule has 0 saturated carbocycles. The summed E-state index contributed by atoms with van der Waals surface area (Å²) in [5, 5.41) is 16.7. The fourth-order valence-electron chi connectivity index (χ4n) is 3.25. The molecule has 1 amide bonds. The molecule has 0 aliphatic carbocycles. The number of amides is 1. The van der Waals surface area contributed by atoms with Gasteiger partial charge in [0, 0.05) is 27.7 Å². The van der Waals surface area contributed by atoms with Gasteiger partial charge in [0.1, 0.15) is 5.75 Å². The van der Waals surface area contributed by atoms with E-state index in [1.807, 2.05) is 24.3 Å². The molecule has 34 heavy (non-hydrogen) atoms. The van der Waals surface area contributed by atoms with Crippen LogP contribution in [0.5, 0.6) is 5.75 Å². The Labute approximate surface area is 202 Å². The molecule has 0 aliphatic rings. The predicted molar refractivity (Wildman–Crippen MR) is 131 cm³/mol. The summed E-state index contributed by atoms with van der Waals surface area (Å²) in [7, 11) is 0. The Morgan fingerprint density at radius 1 is 0.941 bits per heavy atom. The molecule has 0 heterocycles. The van der Waals surface area contributed by atoms with Gasteiger partial charge in [0.25, 0.3) is 11.6 Å². The summed E-state index contributed by atoms with van der Waals surface area (Å²) < 4.78 is 6.32. The molecule has 0 saturated heterocycles. The van der Waals surface area contributed by atoms with E-state index in [4.69, 9.17) is 4.74 Å². The van der Waals surface area contributed by atoms with Crippen molar-refractivity contribution in [1.29, 1.82) is 0 Å². The van der Waals surface area contributed by atoms with Crippen molar-refractivity contribution < 1.29 is 19.2 Å². The van der Waals surface area contributed by atoms with Gasteiger partial charge in [0.15, 0.2) is 0 Å². The third kappa shape index (κ3) is 5.16. The lowest BCUT2D eigenvalue weighted by Crippen LogP contribution is -2.17. The van der Waals surface area contributed by atoms with Crippen molar-refractivity contribution in [3.8, 4) is 5.75 Å². The molecular weight excluding hydrogens is 502 g/mol. The Morgan fingerprint density at radius 3 is 2.50 bits per heavy atom. The number of carbonyl (C=O) groups excluding carboxylic acids is 2. The number of hydrazone groups is 1. The smallest absolute Gasteiger partial charge is 0.343 e. The standard InChI is InChI=1S/C25H16BrN3O5/c26-19-8-3-6-17(13-19)24(30)28-27-15-22-21-10-2-1-5-16(21)11-12-23(22)34-25(31)18-7-4-9-20(14-18)29(32)33/h1-15H,(H,28,30)/b27-15+. The minimum Gasteiger partial charge on any atom is -0.422 e. The molecular formula is C25H16BrN3O5. The van der Waals surface area contributed by atoms with Crippen molar-refractivity contribution in [2.75, 3.05) is 0 Å². The van der Waals surface area contributed by atoms with Crippen LogP contribution in [0.1, 0.15) is 26.3 Å². The topological polar surface area (TPSA) is 111 Å². The highest BCUT2D eigenvalue weighted by molar-refractivity contribution is 9.10. The fourth-order valence-corrected chi connectivity index (χ4v) is 3.65. The first-order valence-electron chi connectivity index (χ1n) is 10.00. The lowest BCUT2D eigenvalue weighted by Gasteiger charge is -2.10. The van der Waals surface area contributed by atoms with Crippen LogP contribution in [-0.2, 0) is 0 Å². The number of hydrogen-bond donors (Lipinski definition) is 1. The van der Waals surface area contributed by atoms with Gasteiger partial charge in [-0.2, -0.15) is 5.10 Å². The van der Waals surface area contributed by atoms with Gasteiger partial charge >= 0.3 is 5.97 Å². The summed E-state index contributed by atoms with van der Waals surface area (Å²) in [6, 6.07) is 22.9. The van der Waals surface area contributed by atoms with E-state index >= 15 is 0 Å². The quantitative estimate of drug-likeness (QED) is 0.119. The minimum atomic E-state index is -0.758. The van der Waals surface area contributed by atoms with Gasteiger partial charge in [0.2, 0.25) is 0 Å². The van der Waals surface area contributed by atoms with Gasteiger partial charge < -0.3 is 4.74 Å². The van der Waals surface area contributed by atoms with E-state index in [2.05, 4.69) is 26.5 Å². The van der Waals surface area contributed by atoms with Gasteiger partial charge in [-0.25, -0.2) is 10.2 Å². The Balaban J connectivity index is 1.63. The Hall–Kier alpha value is -4.37. The number of nitro groups is 1. The van der Waals surface area contributed by atoms with Crippen LogP contribution in [0.15, 0.2) is 94.5 Å². The zero-order chi connectivity index (χ0) is 24.1. The predicted octanol–water partition coefficient (Wildman–Crippen LogP) is 5.49. The highest BCUT2D eigenvalue weighted by Crippen LogP contribution is 2.28. The maximum atomic E-state index is 12.7. The molecule has 168 valence electrons. The zero-order valence-electron chi connectivity index (χ0n) is 17.5. The number of ether oxygens (including phenoxy) is 1. The maximum absolute atomic E-state index is 12.7. The maximum Gasteiger partial charge on any atom is 0.343 e. The SMILES string of the molecule is O=C(N/N=C/c1c(OC(=O)c2cccc([N+](=O)[O-])c2)ccc2ccccc12)c1cccc(Br)c1. The lowest BCUT2D eigenvalue weighted by atomic mass is 10.0. The molecule has 0 aliphatic heterocycles. The number of rotatable bonds is 6. The van der Waals surface area contributed by atoms with Crippen LogP contribution < -0.4 is 10.2 Å². The fraction of sp³-hybridized carbons (Fsp3) is 0. The number of esters is 1. The van der Waals surface area contributed by atoms with Crippen molar-refractivity contribution in [2.45, 2.75) is 0 Å². The van der Waals surface area contributed by atoms with Crippen LogP contribution >= 0.6 is 15.9 Å². The normalized spacial score (nSPS) is 10.9. The van der Waals surface area contributed by atoms with Gasteiger partial charge in [-0.05, 0) is 41.1 Å². The summed E-state index contributed by atoms with van der Waals surface area (Å²) >= 11 is 3.32. The van der Waals surface area contributed by atoms with Crippen molar-refractivity contribution in [3.05, 3.63) is 116 Å². The second-order valence-electron chi connectivity index (χ2n) is 7.10. The summed E-state index contributed by atoms with van der Waals surface area (Å²) in [5.41, 5.74) is 3.17. The molecule has 0 spiro atoms. The number of hydrogen-bond acceptors (Lipinski definition) is 6. The van der Waals surface area contributed by atoms with Gasteiger partial charge in [-0.1, -0.05) is 58.4 Å². The minimum absolute atomic E-state index is 0.0354.